The molecule has 5 nitrogen and oxygen atoms in total. The minimum absolute atomic E-state index is 0.0396. The van der Waals surface area contributed by atoms with E-state index < -0.39 is 0 Å². The zero-order valence-electron chi connectivity index (χ0n) is 10.6. The largest absolute Gasteiger partial charge is 0.395 e. The topological polar surface area (TPSA) is 69.5 Å². The Morgan fingerprint density at radius 2 is 1.63 bits per heavy atom. The monoisotopic (exact) mass is 259 g/mol. The molecule has 2 N–H and O–H groups in total. The first kappa shape index (κ1) is 13.5. The Hall–Kier alpha value is -1.98. The first-order chi connectivity index (χ1) is 9.33. The highest BCUT2D eigenvalue weighted by Crippen LogP contribution is 2.11. The number of anilines is 1. The summed E-state index contributed by atoms with van der Waals surface area (Å²) < 4.78 is 0. The second-order valence-electron chi connectivity index (χ2n) is 4.18. The summed E-state index contributed by atoms with van der Waals surface area (Å²) in [6.45, 7) is 1.07. The van der Waals surface area contributed by atoms with Crippen LogP contribution in [0.25, 0.3) is 0 Å². The lowest BCUT2D eigenvalue weighted by Gasteiger charge is -2.21. The third-order valence-corrected chi connectivity index (χ3v) is 2.74. The first-order valence-electron chi connectivity index (χ1n) is 6.15. The van der Waals surface area contributed by atoms with Gasteiger partial charge in [-0.3, -0.25) is 0 Å². The lowest BCUT2D eigenvalue weighted by molar-refractivity contribution is 0.280. The van der Waals surface area contributed by atoms with Gasteiger partial charge in [0.25, 0.3) is 0 Å². The molecule has 0 saturated heterocycles. The number of hydrogen-bond acceptors (Lipinski definition) is 5. The molecule has 0 unspecified atom stereocenters. The van der Waals surface area contributed by atoms with E-state index in [1.165, 1.54) is 0 Å². The summed E-state index contributed by atoms with van der Waals surface area (Å²) in [5, 5.41) is 18.1. The van der Waals surface area contributed by atoms with E-state index in [1.54, 1.807) is 12.4 Å². The van der Waals surface area contributed by atoms with Crippen molar-refractivity contribution in [2.75, 3.05) is 18.1 Å². The van der Waals surface area contributed by atoms with Gasteiger partial charge in [-0.15, -0.1) is 0 Å². The van der Waals surface area contributed by atoms with Gasteiger partial charge in [0.15, 0.2) is 0 Å². The van der Waals surface area contributed by atoms with Crippen LogP contribution in [0.5, 0.6) is 0 Å². The number of aromatic nitrogens is 2. The summed E-state index contributed by atoms with van der Waals surface area (Å²) in [5.41, 5.74) is 1.80. The fourth-order valence-electron chi connectivity index (χ4n) is 1.77. The van der Waals surface area contributed by atoms with Crippen LogP contribution in [0.2, 0.25) is 0 Å². The second kappa shape index (κ2) is 6.82. The molecule has 0 spiro atoms. The first-order valence-corrected chi connectivity index (χ1v) is 6.15. The summed E-state index contributed by atoms with van der Waals surface area (Å²) in [5.74, 6) is 0.551. The Bertz CT molecular complexity index is 488. The number of nitrogens with zero attached hydrogens (tertiary/aromatic N) is 3. The minimum Gasteiger partial charge on any atom is -0.395 e. The van der Waals surface area contributed by atoms with Crippen molar-refractivity contribution in [1.82, 2.24) is 9.97 Å². The van der Waals surface area contributed by atoms with Crippen molar-refractivity contribution in [3.05, 3.63) is 53.9 Å². The van der Waals surface area contributed by atoms with Crippen molar-refractivity contribution >= 4 is 5.95 Å². The van der Waals surface area contributed by atoms with E-state index in [0.717, 1.165) is 5.56 Å². The zero-order chi connectivity index (χ0) is 13.5. The predicted octanol–water partition coefficient (Wildman–Crippen LogP) is 0.968. The summed E-state index contributed by atoms with van der Waals surface area (Å²) in [6.07, 6.45) is 3.19. The van der Waals surface area contributed by atoms with Crippen LogP contribution in [0.15, 0.2) is 42.7 Å². The summed E-state index contributed by atoms with van der Waals surface area (Å²) in [7, 11) is 0. The Morgan fingerprint density at radius 3 is 2.21 bits per heavy atom. The average molecular weight is 259 g/mol. The Labute approximate surface area is 112 Å². The highest BCUT2D eigenvalue weighted by molar-refractivity contribution is 5.32. The smallest absolute Gasteiger partial charge is 0.225 e. The molecule has 2 rings (SSSR count). The molecule has 0 aliphatic carbocycles. The summed E-state index contributed by atoms with van der Waals surface area (Å²) in [6, 6.07) is 9.95. The molecule has 2 aromatic rings. The molecule has 19 heavy (non-hydrogen) atoms. The van der Waals surface area contributed by atoms with E-state index >= 15 is 0 Å². The molecular weight excluding hydrogens is 242 g/mol. The molecule has 0 amide bonds. The average Bonchev–Trinajstić information content (AvgIpc) is 2.48. The van der Waals surface area contributed by atoms with Crippen LogP contribution >= 0.6 is 0 Å². The number of aliphatic hydroxyl groups is 2. The molecule has 0 saturated carbocycles. The van der Waals surface area contributed by atoms with Gasteiger partial charge in [0, 0.05) is 31.0 Å². The maximum absolute atomic E-state index is 9.14. The molecule has 0 aliphatic heterocycles. The Balaban J connectivity index is 2.14. The fourth-order valence-corrected chi connectivity index (χ4v) is 1.77. The molecule has 0 bridgehead atoms. The maximum Gasteiger partial charge on any atom is 0.225 e. The van der Waals surface area contributed by atoms with E-state index in [9.17, 15) is 0 Å². The van der Waals surface area contributed by atoms with Crippen molar-refractivity contribution in [3.63, 3.8) is 0 Å². The molecule has 0 aliphatic rings. The van der Waals surface area contributed by atoms with Crippen LogP contribution in [0, 0.1) is 0 Å². The van der Waals surface area contributed by atoms with Gasteiger partial charge in [-0.2, -0.15) is 0 Å². The highest BCUT2D eigenvalue weighted by atomic mass is 16.3. The molecule has 1 aromatic heterocycles. The summed E-state index contributed by atoms with van der Waals surface area (Å²) >= 11 is 0. The van der Waals surface area contributed by atoms with E-state index in [4.69, 9.17) is 10.2 Å². The molecular formula is C14H17N3O2. The van der Waals surface area contributed by atoms with Crippen LogP contribution in [0.1, 0.15) is 11.1 Å². The van der Waals surface area contributed by atoms with E-state index in [0.29, 0.717) is 24.6 Å². The van der Waals surface area contributed by atoms with Gasteiger partial charge in [-0.05, 0) is 5.56 Å². The molecule has 1 heterocycles. The van der Waals surface area contributed by atoms with Crippen molar-refractivity contribution in [3.8, 4) is 0 Å². The number of aliphatic hydroxyl groups excluding tert-OH is 2. The van der Waals surface area contributed by atoms with Crippen molar-refractivity contribution in [1.29, 1.82) is 0 Å². The van der Waals surface area contributed by atoms with Crippen molar-refractivity contribution in [2.45, 2.75) is 13.2 Å². The van der Waals surface area contributed by atoms with Gasteiger partial charge in [0.05, 0.1) is 13.2 Å². The van der Waals surface area contributed by atoms with Crippen molar-refractivity contribution < 1.29 is 10.2 Å². The van der Waals surface area contributed by atoms with Crippen LogP contribution in [-0.4, -0.2) is 33.3 Å². The number of rotatable bonds is 6. The molecule has 0 radical (unpaired) electrons. The SMILES string of the molecule is OCCN(Cc1ccccc1)c1ncc(CO)cn1. The van der Waals surface area contributed by atoms with E-state index in [1.807, 2.05) is 35.2 Å². The molecule has 0 atom stereocenters. The standard InChI is InChI=1S/C14H17N3O2/c18-7-6-17(10-12-4-2-1-3-5-12)14-15-8-13(11-19)9-16-14/h1-5,8-9,18-19H,6-7,10-11H2. The normalized spacial score (nSPS) is 10.4. The second-order valence-corrected chi connectivity index (χ2v) is 4.18. The lowest BCUT2D eigenvalue weighted by Crippen LogP contribution is -2.27. The van der Waals surface area contributed by atoms with E-state index in [2.05, 4.69) is 9.97 Å². The quantitative estimate of drug-likeness (QED) is 0.809. The highest BCUT2D eigenvalue weighted by Gasteiger charge is 2.09. The molecule has 5 heteroatoms. The molecule has 1 aromatic carbocycles. The number of benzene rings is 1. The maximum atomic E-state index is 9.14. The van der Waals surface area contributed by atoms with Crippen LogP contribution in [0.3, 0.4) is 0 Å². The van der Waals surface area contributed by atoms with Crippen LogP contribution in [0.4, 0.5) is 5.95 Å². The van der Waals surface area contributed by atoms with Crippen LogP contribution in [-0.2, 0) is 13.2 Å². The van der Waals surface area contributed by atoms with Gasteiger partial charge in [0.2, 0.25) is 5.95 Å². The van der Waals surface area contributed by atoms with Gasteiger partial charge in [-0.1, -0.05) is 30.3 Å². The van der Waals surface area contributed by atoms with Gasteiger partial charge in [-0.25, -0.2) is 9.97 Å². The minimum atomic E-state index is -0.0705. The Morgan fingerprint density at radius 1 is 0.947 bits per heavy atom. The van der Waals surface area contributed by atoms with Gasteiger partial charge >= 0.3 is 0 Å². The predicted molar refractivity (Wildman–Crippen MR) is 72.5 cm³/mol. The molecule has 100 valence electrons. The van der Waals surface area contributed by atoms with Crippen molar-refractivity contribution in [2.24, 2.45) is 0 Å². The Kier molecular flexibility index (Phi) is 4.83. The number of hydrogen-bond donors (Lipinski definition) is 2. The zero-order valence-corrected chi connectivity index (χ0v) is 10.6. The molecule has 0 fully saturated rings. The fraction of sp³-hybridized carbons (Fsp3) is 0.286. The van der Waals surface area contributed by atoms with Gasteiger partial charge in [0.1, 0.15) is 0 Å². The third-order valence-electron chi connectivity index (χ3n) is 2.74. The van der Waals surface area contributed by atoms with Gasteiger partial charge < -0.3 is 15.1 Å². The third kappa shape index (κ3) is 3.74. The van der Waals surface area contributed by atoms with E-state index in [-0.39, 0.29) is 13.2 Å². The lowest BCUT2D eigenvalue weighted by atomic mass is 10.2. The van der Waals surface area contributed by atoms with Crippen LogP contribution < -0.4 is 4.90 Å². The summed E-state index contributed by atoms with van der Waals surface area (Å²) in [4.78, 5) is 10.3.